The second-order valence-corrected chi connectivity index (χ2v) is 2.95. The highest BCUT2D eigenvalue weighted by Crippen LogP contribution is 2.14. The van der Waals surface area contributed by atoms with Crippen molar-refractivity contribution in [1.82, 2.24) is 0 Å². The maximum Gasteiger partial charge on any atom is 0.633 e. The van der Waals surface area contributed by atoms with Gasteiger partial charge in [-0.2, -0.15) is 0 Å². The Bertz CT molecular complexity index is 252. The van der Waals surface area contributed by atoms with Gasteiger partial charge in [0.25, 0.3) is 0 Å². The molecule has 0 bridgehead atoms. The Morgan fingerprint density at radius 2 is 1.86 bits per heavy atom. The van der Waals surface area contributed by atoms with Gasteiger partial charge in [0.2, 0.25) is 0 Å². The summed E-state index contributed by atoms with van der Waals surface area (Å²) in [5, 5.41) is 26.0. The van der Waals surface area contributed by atoms with Crippen LogP contribution in [-0.4, -0.2) is 35.7 Å². The van der Waals surface area contributed by atoms with Gasteiger partial charge >= 0.3 is 7.32 Å². The summed E-state index contributed by atoms with van der Waals surface area (Å²) in [7, 11) is -1.78. The highest BCUT2D eigenvalue weighted by Gasteiger charge is 2.15. The van der Waals surface area contributed by atoms with Crippen molar-refractivity contribution in [3.63, 3.8) is 0 Å². The lowest BCUT2D eigenvalue weighted by Crippen LogP contribution is -2.22. The lowest BCUT2D eigenvalue weighted by atomic mass is 10.0. The van der Waals surface area contributed by atoms with Crippen molar-refractivity contribution in [3.8, 4) is 0 Å². The van der Waals surface area contributed by atoms with Crippen LogP contribution >= 0.6 is 0 Å². The Morgan fingerprint density at radius 1 is 1.21 bits per heavy atom. The summed E-state index contributed by atoms with van der Waals surface area (Å²) in [5.41, 5.74) is 0.913. The molecule has 1 rings (SSSR count). The first-order valence-corrected chi connectivity index (χ1v) is 4.37. The Kier molecular flexibility index (Phi) is 4.62. The van der Waals surface area contributed by atoms with Crippen molar-refractivity contribution in [3.05, 3.63) is 35.9 Å². The van der Waals surface area contributed by atoms with Gasteiger partial charge in [-0.25, -0.2) is 0 Å². The van der Waals surface area contributed by atoms with Crippen LogP contribution in [0.4, 0.5) is 0 Å². The Balaban J connectivity index is 2.54. The van der Waals surface area contributed by atoms with Gasteiger partial charge in [0.05, 0.1) is 6.61 Å². The first-order chi connectivity index (χ1) is 6.74. The minimum Gasteiger partial charge on any atom is -0.402 e. The molecule has 0 saturated heterocycles. The van der Waals surface area contributed by atoms with E-state index in [9.17, 15) is 0 Å². The van der Waals surface area contributed by atoms with E-state index in [-0.39, 0.29) is 19.1 Å². The predicted octanol–water partition coefficient (Wildman–Crippen LogP) is -0.251. The Morgan fingerprint density at radius 3 is 2.36 bits per heavy atom. The third-order valence-electron chi connectivity index (χ3n) is 1.94. The molecule has 1 aromatic rings. The average Bonchev–Trinajstić information content (AvgIpc) is 2.20. The van der Waals surface area contributed by atoms with Gasteiger partial charge in [0.15, 0.2) is 0 Å². The quantitative estimate of drug-likeness (QED) is 0.568. The SMILES string of the molecule is OCC(COB(O)O)c1ccccc1. The van der Waals surface area contributed by atoms with Gasteiger partial charge in [0.1, 0.15) is 0 Å². The topological polar surface area (TPSA) is 69.9 Å². The minimum atomic E-state index is -1.78. The van der Waals surface area contributed by atoms with Gasteiger partial charge < -0.3 is 19.8 Å². The highest BCUT2D eigenvalue weighted by atomic mass is 16.6. The molecule has 0 aliphatic heterocycles. The molecular weight excluding hydrogens is 183 g/mol. The molecule has 76 valence electrons. The molecule has 4 nitrogen and oxygen atoms in total. The summed E-state index contributed by atoms with van der Waals surface area (Å²) in [6.07, 6.45) is 0. The molecule has 5 heteroatoms. The third kappa shape index (κ3) is 3.47. The highest BCUT2D eigenvalue weighted by molar-refractivity contribution is 6.32. The van der Waals surface area contributed by atoms with Crippen LogP contribution in [0.15, 0.2) is 30.3 Å². The average molecular weight is 196 g/mol. The van der Waals surface area contributed by atoms with Crippen LogP contribution in [0.5, 0.6) is 0 Å². The summed E-state index contributed by atoms with van der Waals surface area (Å²) in [4.78, 5) is 0. The zero-order valence-corrected chi connectivity index (χ0v) is 7.71. The molecule has 0 aliphatic rings. The zero-order chi connectivity index (χ0) is 10.4. The molecule has 14 heavy (non-hydrogen) atoms. The van der Waals surface area contributed by atoms with Crippen molar-refractivity contribution in [2.45, 2.75) is 5.92 Å². The maximum atomic E-state index is 9.05. The van der Waals surface area contributed by atoms with Gasteiger partial charge in [-0.15, -0.1) is 0 Å². The number of benzene rings is 1. The predicted molar refractivity (Wildman–Crippen MR) is 52.4 cm³/mol. The van der Waals surface area contributed by atoms with E-state index >= 15 is 0 Å². The molecule has 0 amide bonds. The van der Waals surface area contributed by atoms with Crippen molar-refractivity contribution in [2.75, 3.05) is 13.2 Å². The fourth-order valence-corrected chi connectivity index (χ4v) is 1.18. The lowest BCUT2D eigenvalue weighted by Gasteiger charge is -2.14. The monoisotopic (exact) mass is 196 g/mol. The number of aliphatic hydroxyl groups excluding tert-OH is 1. The zero-order valence-electron chi connectivity index (χ0n) is 7.71. The molecule has 3 N–H and O–H groups in total. The van der Waals surface area contributed by atoms with E-state index in [0.29, 0.717) is 0 Å². The number of rotatable bonds is 5. The van der Waals surface area contributed by atoms with Crippen LogP contribution in [0.3, 0.4) is 0 Å². The molecule has 0 saturated carbocycles. The van der Waals surface area contributed by atoms with Gasteiger partial charge in [-0.3, -0.25) is 0 Å². The van der Waals surface area contributed by atoms with Crippen LogP contribution in [-0.2, 0) is 4.65 Å². The molecule has 0 aliphatic carbocycles. The fraction of sp³-hybridized carbons (Fsp3) is 0.333. The minimum absolute atomic E-state index is 0.0815. The molecule has 1 atom stereocenters. The maximum absolute atomic E-state index is 9.05. The second-order valence-electron chi connectivity index (χ2n) is 2.95. The largest absolute Gasteiger partial charge is 0.633 e. The number of aliphatic hydroxyl groups is 1. The standard InChI is InChI=1S/C9H13BO4/c11-6-9(7-14-10(12)13)8-4-2-1-3-5-8/h1-5,9,11-13H,6-7H2. The van der Waals surface area contributed by atoms with Gasteiger partial charge in [-0.05, 0) is 5.56 Å². The normalized spacial score (nSPS) is 12.5. The van der Waals surface area contributed by atoms with Crippen molar-refractivity contribution >= 4 is 7.32 Å². The summed E-state index contributed by atoms with van der Waals surface area (Å²) in [6, 6.07) is 9.29. The van der Waals surface area contributed by atoms with Crippen molar-refractivity contribution in [1.29, 1.82) is 0 Å². The second kappa shape index (κ2) is 5.77. The summed E-state index contributed by atoms with van der Waals surface area (Å²) in [6.45, 7) is -0.00505. The van der Waals surface area contributed by atoms with E-state index in [4.69, 9.17) is 15.2 Å². The van der Waals surface area contributed by atoms with E-state index in [1.54, 1.807) is 0 Å². The van der Waals surface area contributed by atoms with Gasteiger partial charge in [0, 0.05) is 12.5 Å². The summed E-state index contributed by atoms with van der Waals surface area (Å²) in [5.74, 6) is -0.224. The van der Waals surface area contributed by atoms with E-state index < -0.39 is 7.32 Å². The molecular formula is C9H13BO4. The Labute approximate surface area is 82.9 Å². The van der Waals surface area contributed by atoms with Gasteiger partial charge in [-0.1, -0.05) is 30.3 Å². The number of hydrogen-bond donors (Lipinski definition) is 3. The van der Waals surface area contributed by atoms with Crippen LogP contribution in [0.2, 0.25) is 0 Å². The molecule has 0 fully saturated rings. The van der Waals surface area contributed by atoms with E-state index in [1.807, 2.05) is 30.3 Å². The lowest BCUT2D eigenvalue weighted by molar-refractivity contribution is 0.148. The van der Waals surface area contributed by atoms with Crippen molar-refractivity contribution in [2.24, 2.45) is 0 Å². The summed E-state index contributed by atoms with van der Waals surface area (Å²) < 4.78 is 4.60. The first kappa shape index (κ1) is 11.2. The smallest absolute Gasteiger partial charge is 0.402 e. The Hall–Kier alpha value is -0.875. The molecule has 1 aromatic carbocycles. The van der Waals surface area contributed by atoms with Crippen LogP contribution in [0, 0.1) is 0 Å². The van der Waals surface area contributed by atoms with Crippen molar-refractivity contribution < 1.29 is 19.8 Å². The molecule has 0 spiro atoms. The van der Waals surface area contributed by atoms with E-state index in [2.05, 4.69) is 4.65 Å². The fourth-order valence-electron chi connectivity index (χ4n) is 1.18. The third-order valence-corrected chi connectivity index (χ3v) is 1.94. The van der Waals surface area contributed by atoms with Crippen LogP contribution in [0.25, 0.3) is 0 Å². The molecule has 0 heterocycles. The molecule has 0 aromatic heterocycles. The molecule has 1 unspecified atom stereocenters. The summed E-state index contributed by atoms with van der Waals surface area (Å²) >= 11 is 0. The first-order valence-electron chi connectivity index (χ1n) is 4.37. The molecule has 0 radical (unpaired) electrons. The van der Waals surface area contributed by atoms with Crippen LogP contribution < -0.4 is 0 Å². The van der Waals surface area contributed by atoms with E-state index in [0.717, 1.165) is 5.56 Å². The van der Waals surface area contributed by atoms with Crippen LogP contribution in [0.1, 0.15) is 11.5 Å². The van der Waals surface area contributed by atoms with E-state index in [1.165, 1.54) is 0 Å². The number of hydrogen-bond acceptors (Lipinski definition) is 4.